The molecule has 1 aliphatic heterocycles. The predicted octanol–water partition coefficient (Wildman–Crippen LogP) is 4.85. The van der Waals surface area contributed by atoms with Crippen LogP contribution in [0, 0.1) is 12.7 Å². The zero-order valence-corrected chi connectivity index (χ0v) is 13.1. The van der Waals surface area contributed by atoms with Gasteiger partial charge in [-0.3, -0.25) is 0 Å². The first kappa shape index (κ1) is 13.6. The van der Waals surface area contributed by atoms with Crippen molar-refractivity contribution < 1.29 is 4.39 Å². The van der Waals surface area contributed by atoms with E-state index in [1.165, 1.54) is 22.9 Å². The van der Waals surface area contributed by atoms with Gasteiger partial charge >= 0.3 is 0 Å². The van der Waals surface area contributed by atoms with E-state index in [4.69, 9.17) is 0 Å². The molecule has 0 spiro atoms. The zero-order chi connectivity index (χ0) is 14.1. The second-order valence-electron chi connectivity index (χ2n) is 5.43. The average Bonchev–Trinajstić information content (AvgIpc) is 2.37. The van der Waals surface area contributed by atoms with Gasteiger partial charge in [0.25, 0.3) is 0 Å². The van der Waals surface area contributed by atoms with Crippen LogP contribution in [0.3, 0.4) is 0 Å². The van der Waals surface area contributed by atoms with Crippen molar-refractivity contribution in [1.29, 1.82) is 0 Å². The minimum Gasteiger partial charge on any atom is -0.367 e. The second-order valence-corrected chi connectivity index (χ2v) is 6.35. The summed E-state index contributed by atoms with van der Waals surface area (Å²) in [5.41, 5.74) is 5.01. The number of nitrogens with zero attached hydrogens (tertiary/aromatic N) is 1. The molecule has 0 atom stereocenters. The van der Waals surface area contributed by atoms with Crippen molar-refractivity contribution in [3.05, 3.63) is 63.4 Å². The normalized spacial score (nSPS) is 14.2. The third-order valence-corrected chi connectivity index (χ3v) is 4.20. The second kappa shape index (κ2) is 5.57. The van der Waals surface area contributed by atoms with Gasteiger partial charge in [-0.1, -0.05) is 33.6 Å². The lowest BCUT2D eigenvalue weighted by atomic mass is 9.99. The van der Waals surface area contributed by atoms with Crippen molar-refractivity contribution in [2.75, 3.05) is 11.4 Å². The fourth-order valence-electron chi connectivity index (χ4n) is 2.89. The summed E-state index contributed by atoms with van der Waals surface area (Å²) in [6.07, 6.45) is 2.30. The number of rotatable bonds is 2. The van der Waals surface area contributed by atoms with Crippen molar-refractivity contribution in [3.8, 4) is 0 Å². The Morgan fingerprint density at radius 3 is 2.85 bits per heavy atom. The van der Waals surface area contributed by atoms with Crippen LogP contribution in [-0.2, 0) is 13.0 Å². The molecular weight excluding hydrogens is 317 g/mol. The lowest BCUT2D eigenvalue weighted by Gasteiger charge is -2.31. The molecule has 2 aromatic carbocycles. The molecule has 0 bridgehead atoms. The summed E-state index contributed by atoms with van der Waals surface area (Å²) in [6, 6.07) is 11.7. The van der Waals surface area contributed by atoms with Crippen LogP contribution in [0.2, 0.25) is 0 Å². The molecule has 104 valence electrons. The van der Waals surface area contributed by atoms with Crippen LogP contribution < -0.4 is 4.90 Å². The smallest absolute Gasteiger partial charge is 0.124 e. The molecule has 0 aliphatic carbocycles. The highest BCUT2D eigenvalue weighted by Crippen LogP contribution is 2.29. The SMILES string of the molecule is Cc1ccc2c(c1)CCCN2Cc1cc(F)cc(Br)c1. The molecule has 3 rings (SSSR count). The van der Waals surface area contributed by atoms with E-state index in [0.29, 0.717) is 0 Å². The van der Waals surface area contributed by atoms with Gasteiger partial charge in [0.15, 0.2) is 0 Å². The number of halogens is 2. The van der Waals surface area contributed by atoms with Crippen molar-refractivity contribution in [3.63, 3.8) is 0 Å². The third kappa shape index (κ3) is 2.88. The van der Waals surface area contributed by atoms with E-state index in [2.05, 4.69) is 46.0 Å². The Hall–Kier alpha value is -1.35. The van der Waals surface area contributed by atoms with Crippen molar-refractivity contribution >= 4 is 21.6 Å². The standard InChI is InChI=1S/C17H17BrFN/c1-12-4-5-17-14(7-12)3-2-6-20(17)11-13-8-15(18)10-16(19)9-13/h4-5,7-10H,2-3,6,11H2,1H3. The molecule has 20 heavy (non-hydrogen) atoms. The Morgan fingerprint density at radius 2 is 2.05 bits per heavy atom. The molecule has 0 saturated carbocycles. The monoisotopic (exact) mass is 333 g/mol. The van der Waals surface area contributed by atoms with Crippen LogP contribution in [0.4, 0.5) is 10.1 Å². The molecule has 0 unspecified atom stereocenters. The molecule has 0 N–H and O–H groups in total. The topological polar surface area (TPSA) is 3.24 Å². The van der Waals surface area contributed by atoms with Gasteiger partial charge in [0.1, 0.15) is 5.82 Å². The molecule has 0 radical (unpaired) electrons. The molecule has 2 aromatic rings. The minimum atomic E-state index is -0.185. The zero-order valence-electron chi connectivity index (χ0n) is 11.5. The molecule has 1 nitrogen and oxygen atoms in total. The van der Waals surface area contributed by atoms with E-state index in [9.17, 15) is 4.39 Å². The predicted molar refractivity (Wildman–Crippen MR) is 84.7 cm³/mol. The van der Waals surface area contributed by atoms with Gasteiger partial charge in [0.05, 0.1) is 0 Å². The highest BCUT2D eigenvalue weighted by molar-refractivity contribution is 9.10. The number of aryl methyl sites for hydroxylation is 2. The first-order valence-electron chi connectivity index (χ1n) is 6.91. The van der Waals surface area contributed by atoms with Gasteiger partial charge in [-0.25, -0.2) is 4.39 Å². The number of hydrogen-bond donors (Lipinski definition) is 0. The number of hydrogen-bond acceptors (Lipinski definition) is 1. The Kier molecular flexibility index (Phi) is 3.79. The fraction of sp³-hybridized carbons (Fsp3) is 0.294. The van der Waals surface area contributed by atoms with Gasteiger partial charge in [0, 0.05) is 23.2 Å². The Balaban J connectivity index is 1.89. The average molecular weight is 334 g/mol. The van der Waals surface area contributed by atoms with E-state index in [1.807, 2.05) is 6.07 Å². The summed E-state index contributed by atoms with van der Waals surface area (Å²) in [4.78, 5) is 2.35. The highest BCUT2D eigenvalue weighted by Gasteiger charge is 2.17. The summed E-state index contributed by atoms with van der Waals surface area (Å²) in [6.45, 7) is 3.92. The van der Waals surface area contributed by atoms with Crippen LogP contribution >= 0.6 is 15.9 Å². The van der Waals surface area contributed by atoms with Crippen LogP contribution in [-0.4, -0.2) is 6.54 Å². The van der Waals surface area contributed by atoms with Gasteiger partial charge in [-0.2, -0.15) is 0 Å². The maximum atomic E-state index is 13.5. The van der Waals surface area contributed by atoms with Gasteiger partial charge < -0.3 is 4.90 Å². The molecule has 0 amide bonds. The first-order valence-corrected chi connectivity index (χ1v) is 7.70. The maximum Gasteiger partial charge on any atom is 0.124 e. The highest BCUT2D eigenvalue weighted by atomic mass is 79.9. The van der Waals surface area contributed by atoms with E-state index in [1.54, 1.807) is 6.07 Å². The lowest BCUT2D eigenvalue weighted by molar-refractivity contribution is 0.621. The molecule has 1 aliphatic rings. The van der Waals surface area contributed by atoms with Crippen LogP contribution in [0.1, 0.15) is 23.1 Å². The van der Waals surface area contributed by atoms with Crippen LogP contribution in [0.5, 0.6) is 0 Å². The van der Waals surface area contributed by atoms with Crippen molar-refractivity contribution in [2.45, 2.75) is 26.3 Å². The fourth-order valence-corrected chi connectivity index (χ4v) is 3.40. The molecule has 1 heterocycles. The van der Waals surface area contributed by atoms with E-state index in [0.717, 1.165) is 36.0 Å². The Labute approximate surface area is 127 Å². The van der Waals surface area contributed by atoms with Gasteiger partial charge in [-0.15, -0.1) is 0 Å². The minimum absolute atomic E-state index is 0.185. The molecule has 0 aromatic heterocycles. The summed E-state index contributed by atoms with van der Waals surface area (Å²) in [5.74, 6) is -0.185. The van der Waals surface area contributed by atoms with E-state index >= 15 is 0 Å². The molecule has 0 saturated heterocycles. The third-order valence-electron chi connectivity index (χ3n) is 3.75. The lowest BCUT2D eigenvalue weighted by Crippen LogP contribution is -2.28. The Bertz CT molecular complexity index is 619. The quantitative estimate of drug-likeness (QED) is 0.759. The van der Waals surface area contributed by atoms with E-state index in [-0.39, 0.29) is 5.82 Å². The van der Waals surface area contributed by atoms with E-state index < -0.39 is 0 Å². The molecule has 0 fully saturated rings. The summed E-state index contributed by atoms with van der Waals surface area (Å²) in [7, 11) is 0. The summed E-state index contributed by atoms with van der Waals surface area (Å²) in [5, 5.41) is 0. The molecule has 3 heteroatoms. The number of fused-ring (bicyclic) bond motifs is 1. The summed E-state index contributed by atoms with van der Waals surface area (Å²) >= 11 is 3.36. The first-order chi connectivity index (χ1) is 9.61. The number of anilines is 1. The van der Waals surface area contributed by atoms with Crippen LogP contribution in [0.25, 0.3) is 0 Å². The van der Waals surface area contributed by atoms with Crippen molar-refractivity contribution in [2.24, 2.45) is 0 Å². The van der Waals surface area contributed by atoms with Crippen molar-refractivity contribution in [1.82, 2.24) is 0 Å². The van der Waals surface area contributed by atoms with Crippen LogP contribution in [0.15, 0.2) is 40.9 Å². The van der Waals surface area contributed by atoms with Gasteiger partial charge in [-0.05, 0) is 55.2 Å². The Morgan fingerprint density at radius 1 is 1.20 bits per heavy atom. The number of benzene rings is 2. The largest absolute Gasteiger partial charge is 0.367 e. The maximum absolute atomic E-state index is 13.5. The summed E-state index contributed by atoms with van der Waals surface area (Å²) < 4.78 is 14.3. The molecular formula is C17H17BrFN. The van der Waals surface area contributed by atoms with Gasteiger partial charge in [0.2, 0.25) is 0 Å².